The quantitative estimate of drug-likeness (QED) is 0.331. The predicted octanol–water partition coefficient (Wildman–Crippen LogP) is 5.95. The van der Waals surface area contributed by atoms with Gasteiger partial charge >= 0.3 is 0 Å². The van der Waals surface area contributed by atoms with E-state index >= 15 is 4.39 Å². The lowest BCUT2D eigenvalue weighted by atomic mass is 9.94. The molecule has 0 spiro atoms. The Kier molecular flexibility index (Phi) is 6.37. The number of aryl methyl sites for hydroxylation is 1. The molecule has 1 aliphatic heterocycles. The van der Waals surface area contributed by atoms with Gasteiger partial charge in [-0.1, -0.05) is 72.4 Å². The normalized spacial score (nSPS) is 14.9. The fraction of sp³-hybridized carbons (Fsp3) is 0.148. The zero-order chi connectivity index (χ0) is 24.4. The molecule has 2 N–H and O–H groups in total. The molecule has 1 amide bonds. The number of para-hydroxylation sites is 1. The van der Waals surface area contributed by atoms with Gasteiger partial charge in [0.2, 0.25) is 11.1 Å². The topological polar surface area (TPSA) is 71.8 Å². The van der Waals surface area contributed by atoms with Gasteiger partial charge < -0.3 is 10.6 Å². The molecule has 6 nitrogen and oxygen atoms in total. The first kappa shape index (κ1) is 22.9. The maximum absolute atomic E-state index is 15.0. The second kappa shape index (κ2) is 9.76. The highest BCUT2D eigenvalue weighted by Gasteiger charge is 2.35. The van der Waals surface area contributed by atoms with Crippen molar-refractivity contribution in [1.82, 2.24) is 14.8 Å². The number of thioether (sulfide) groups is 1. The summed E-state index contributed by atoms with van der Waals surface area (Å²) < 4.78 is 16.6. The SMILES string of the molecule is CC1=C(C(=O)Nc2ccccc2)C(c2ccccc2F)n2nc(SCc3ccccc3C)nc2N1. The van der Waals surface area contributed by atoms with Crippen LogP contribution in [0.15, 0.2) is 95.3 Å². The number of allylic oxidation sites excluding steroid dienone is 1. The number of nitrogens with zero attached hydrogens (tertiary/aromatic N) is 3. The molecule has 0 radical (unpaired) electrons. The van der Waals surface area contributed by atoms with Crippen LogP contribution in [-0.2, 0) is 10.5 Å². The van der Waals surface area contributed by atoms with E-state index in [0.29, 0.717) is 39.4 Å². The molecule has 0 saturated heterocycles. The van der Waals surface area contributed by atoms with Gasteiger partial charge in [0.05, 0.1) is 5.57 Å². The van der Waals surface area contributed by atoms with Gasteiger partial charge in [0.25, 0.3) is 5.91 Å². The number of carbonyl (C=O) groups is 1. The molecule has 5 rings (SSSR count). The lowest BCUT2D eigenvalue weighted by molar-refractivity contribution is -0.113. The Bertz CT molecular complexity index is 1420. The van der Waals surface area contributed by atoms with Crippen molar-refractivity contribution in [1.29, 1.82) is 0 Å². The first-order valence-electron chi connectivity index (χ1n) is 11.2. The maximum atomic E-state index is 15.0. The second-order valence-electron chi connectivity index (χ2n) is 8.29. The Morgan fingerprint density at radius 1 is 1.03 bits per heavy atom. The predicted molar refractivity (Wildman–Crippen MR) is 137 cm³/mol. The number of carbonyl (C=O) groups excluding carboxylic acids is 1. The van der Waals surface area contributed by atoms with E-state index in [1.165, 1.54) is 29.0 Å². The number of benzene rings is 3. The lowest BCUT2D eigenvalue weighted by Crippen LogP contribution is -2.32. The van der Waals surface area contributed by atoms with Crippen LogP contribution in [0, 0.1) is 12.7 Å². The van der Waals surface area contributed by atoms with Crippen molar-refractivity contribution in [2.45, 2.75) is 30.8 Å². The summed E-state index contributed by atoms with van der Waals surface area (Å²) in [6.45, 7) is 3.87. The summed E-state index contributed by atoms with van der Waals surface area (Å²) in [4.78, 5) is 18.1. The maximum Gasteiger partial charge on any atom is 0.255 e. The van der Waals surface area contributed by atoms with Crippen LogP contribution in [0.4, 0.5) is 16.0 Å². The van der Waals surface area contributed by atoms with Crippen molar-refractivity contribution in [3.05, 3.63) is 113 Å². The third kappa shape index (κ3) is 4.70. The van der Waals surface area contributed by atoms with E-state index in [2.05, 4.69) is 34.7 Å². The van der Waals surface area contributed by atoms with Gasteiger partial charge in [0.15, 0.2) is 0 Å². The van der Waals surface area contributed by atoms with Crippen molar-refractivity contribution in [2.24, 2.45) is 0 Å². The number of fused-ring (bicyclic) bond motifs is 1. The minimum Gasteiger partial charge on any atom is -0.328 e. The van der Waals surface area contributed by atoms with Gasteiger partial charge in [-0.15, -0.1) is 5.10 Å². The van der Waals surface area contributed by atoms with Crippen molar-refractivity contribution in [2.75, 3.05) is 10.6 Å². The molecule has 0 fully saturated rings. The molecule has 0 bridgehead atoms. The number of hydrogen-bond donors (Lipinski definition) is 2. The number of nitrogens with one attached hydrogen (secondary N) is 2. The Morgan fingerprint density at radius 3 is 2.51 bits per heavy atom. The number of halogens is 1. The van der Waals surface area contributed by atoms with Crippen LogP contribution in [0.25, 0.3) is 0 Å². The summed E-state index contributed by atoms with van der Waals surface area (Å²) in [5.41, 5.74) is 4.38. The van der Waals surface area contributed by atoms with Crippen molar-refractivity contribution < 1.29 is 9.18 Å². The van der Waals surface area contributed by atoms with Crippen LogP contribution in [-0.4, -0.2) is 20.7 Å². The molecule has 0 saturated carbocycles. The number of anilines is 2. The first-order valence-corrected chi connectivity index (χ1v) is 12.2. The number of rotatable bonds is 6. The van der Waals surface area contributed by atoms with E-state index in [4.69, 9.17) is 5.10 Å². The van der Waals surface area contributed by atoms with E-state index in [0.717, 1.165) is 0 Å². The zero-order valence-electron chi connectivity index (χ0n) is 19.3. The summed E-state index contributed by atoms with van der Waals surface area (Å²) in [7, 11) is 0. The van der Waals surface area contributed by atoms with Crippen LogP contribution in [0.5, 0.6) is 0 Å². The molecule has 2 heterocycles. The summed E-state index contributed by atoms with van der Waals surface area (Å²) in [5, 5.41) is 11.4. The highest BCUT2D eigenvalue weighted by molar-refractivity contribution is 7.98. The van der Waals surface area contributed by atoms with E-state index in [1.54, 1.807) is 29.8 Å². The zero-order valence-corrected chi connectivity index (χ0v) is 20.1. The Morgan fingerprint density at radius 2 is 1.74 bits per heavy atom. The fourth-order valence-electron chi connectivity index (χ4n) is 4.11. The highest BCUT2D eigenvalue weighted by atomic mass is 32.2. The van der Waals surface area contributed by atoms with Gasteiger partial charge in [-0.05, 0) is 43.2 Å². The third-order valence-electron chi connectivity index (χ3n) is 5.93. The molecule has 176 valence electrons. The van der Waals surface area contributed by atoms with Crippen molar-refractivity contribution in [3.63, 3.8) is 0 Å². The Hall–Kier alpha value is -3.91. The smallest absolute Gasteiger partial charge is 0.255 e. The standard InChI is InChI=1S/C27H24FN5OS/c1-17-10-6-7-11-19(17)16-35-27-31-26-29-18(2)23(25(34)30-20-12-4-3-5-13-20)24(33(26)32-27)21-14-8-9-15-22(21)28/h3-15,24H,16H2,1-2H3,(H,30,34)(H,29,31,32). The van der Waals surface area contributed by atoms with Crippen LogP contribution >= 0.6 is 11.8 Å². The van der Waals surface area contributed by atoms with Crippen LogP contribution in [0.2, 0.25) is 0 Å². The minimum atomic E-state index is -0.767. The molecule has 4 aromatic rings. The molecule has 1 aromatic heterocycles. The van der Waals surface area contributed by atoms with Gasteiger partial charge in [-0.3, -0.25) is 4.79 Å². The molecule has 0 aliphatic carbocycles. The van der Waals surface area contributed by atoms with Gasteiger partial charge in [-0.25, -0.2) is 9.07 Å². The molecular formula is C27H24FN5OS. The van der Waals surface area contributed by atoms with E-state index in [-0.39, 0.29) is 5.91 Å². The van der Waals surface area contributed by atoms with E-state index in [1.807, 2.05) is 42.5 Å². The van der Waals surface area contributed by atoms with E-state index in [9.17, 15) is 4.79 Å². The lowest BCUT2D eigenvalue weighted by Gasteiger charge is -2.28. The molecule has 1 aliphatic rings. The van der Waals surface area contributed by atoms with Gasteiger partial charge in [0, 0.05) is 22.7 Å². The van der Waals surface area contributed by atoms with Crippen LogP contribution in [0.3, 0.4) is 0 Å². The largest absolute Gasteiger partial charge is 0.328 e. The highest BCUT2D eigenvalue weighted by Crippen LogP contribution is 2.38. The fourth-order valence-corrected chi connectivity index (χ4v) is 5.01. The van der Waals surface area contributed by atoms with Gasteiger partial charge in [-0.2, -0.15) is 4.98 Å². The monoisotopic (exact) mass is 485 g/mol. The molecule has 35 heavy (non-hydrogen) atoms. The average Bonchev–Trinajstić information content (AvgIpc) is 3.26. The summed E-state index contributed by atoms with van der Waals surface area (Å²) >= 11 is 1.50. The number of amides is 1. The number of aromatic nitrogens is 3. The van der Waals surface area contributed by atoms with Crippen molar-refractivity contribution in [3.8, 4) is 0 Å². The molecule has 3 aromatic carbocycles. The molecular weight excluding hydrogens is 461 g/mol. The van der Waals surface area contributed by atoms with Crippen molar-refractivity contribution >= 4 is 29.3 Å². The molecule has 8 heteroatoms. The summed E-state index contributed by atoms with van der Waals surface area (Å²) in [6, 6.07) is 23.0. The summed E-state index contributed by atoms with van der Waals surface area (Å²) in [6.07, 6.45) is 0. The molecule has 1 atom stereocenters. The first-order chi connectivity index (χ1) is 17.0. The molecule has 1 unspecified atom stereocenters. The third-order valence-corrected chi connectivity index (χ3v) is 6.81. The minimum absolute atomic E-state index is 0.329. The van der Waals surface area contributed by atoms with E-state index < -0.39 is 11.9 Å². The van der Waals surface area contributed by atoms with Crippen LogP contribution < -0.4 is 10.6 Å². The Labute approximate surface area is 207 Å². The second-order valence-corrected chi connectivity index (χ2v) is 9.23. The van der Waals surface area contributed by atoms with Gasteiger partial charge in [0.1, 0.15) is 11.9 Å². The average molecular weight is 486 g/mol. The van der Waals surface area contributed by atoms with Crippen LogP contribution in [0.1, 0.15) is 29.7 Å². The number of hydrogen-bond acceptors (Lipinski definition) is 5. The summed E-state index contributed by atoms with van der Waals surface area (Å²) in [5.74, 6) is 0.436. The Balaban J connectivity index is 1.51.